The Bertz CT molecular complexity index is 857. The highest BCUT2D eigenvalue weighted by atomic mass is 16.2. The minimum Gasteiger partial charge on any atom is -0.357 e. The van der Waals surface area contributed by atoms with E-state index in [9.17, 15) is 9.59 Å². The maximum absolute atomic E-state index is 12.8. The molecule has 6 heteroatoms. The predicted octanol–water partition coefficient (Wildman–Crippen LogP) is 3.48. The van der Waals surface area contributed by atoms with Gasteiger partial charge in [-0.05, 0) is 56.9 Å². The van der Waals surface area contributed by atoms with E-state index >= 15 is 0 Å². The molecule has 1 N–H and O–H groups in total. The fourth-order valence-electron chi connectivity index (χ4n) is 4.09. The van der Waals surface area contributed by atoms with Crippen LogP contribution in [0.1, 0.15) is 41.6 Å². The van der Waals surface area contributed by atoms with E-state index < -0.39 is 0 Å². The lowest BCUT2D eigenvalue weighted by molar-refractivity contribution is -0.121. The van der Waals surface area contributed by atoms with Crippen molar-refractivity contribution in [2.75, 3.05) is 36.4 Å². The molecule has 152 valence electrons. The van der Waals surface area contributed by atoms with Crippen molar-refractivity contribution in [1.82, 2.24) is 9.88 Å². The Hall–Kier alpha value is -2.89. The molecule has 3 heterocycles. The Morgan fingerprint density at radius 3 is 2.45 bits per heavy atom. The molecular formula is C23H28N4O2. The normalized spacial score (nSPS) is 19.3. The molecule has 2 amide bonds. The van der Waals surface area contributed by atoms with Gasteiger partial charge in [-0.3, -0.25) is 9.59 Å². The van der Waals surface area contributed by atoms with E-state index in [0.717, 1.165) is 37.3 Å². The Kier molecular flexibility index (Phi) is 5.79. The predicted molar refractivity (Wildman–Crippen MR) is 114 cm³/mol. The first-order chi connectivity index (χ1) is 14.1. The second-order valence-corrected chi connectivity index (χ2v) is 8.04. The van der Waals surface area contributed by atoms with Gasteiger partial charge in [-0.25, -0.2) is 4.98 Å². The number of carbonyl (C=O) groups is 2. The summed E-state index contributed by atoms with van der Waals surface area (Å²) in [6.45, 7) is 5.25. The number of anilines is 2. The molecule has 2 aromatic rings. The Morgan fingerprint density at radius 1 is 1.00 bits per heavy atom. The van der Waals surface area contributed by atoms with Crippen LogP contribution in [0.15, 0.2) is 42.6 Å². The lowest BCUT2D eigenvalue weighted by atomic mass is 9.96. The summed E-state index contributed by atoms with van der Waals surface area (Å²) >= 11 is 0. The molecule has 0 spiro atoms. The number of aromatic nitrogens is 1. The van der Waals surface area contributed by atoms with Gasteiger partial charge in [-0.15, -0.1) is 0 Å². The third-order valence-electron chi connectivity index (χ3n) is 5.82. The number of carbonyl (C=O) groups excluding carboxylic acids is 2. The fourth-order valence-corrected chi connectivity index (χ4v) is 4.09. The van der Waals surface area contributed by atoms with Gasteiger partial charge in [0, 0.05) is 31.7 Å². The SMILES string of the molecule is Cc1ccc(C(=O)N2CCCC(C(=O)Nc3ccc(N4CCCC4)nc3)C2)cc1. The summed E-state index contributed by atoms with van der Waals surface area (Å²) in [4.78, 5) is 34.1. The van der Waals surface area contributed by atoms with Crippen molar-refractivity contribution in [3.8, 4) is 0 Å². The van der Waals surface area contributed by atoms with Crippen LogP contribution in [-0.2, 0) is 4.79 Å². The number of hydrogen-bond donors (Lipinski definition) is 1. The number of pyridine rings is 1. The minimum atomic E-state index is -0.198. The van der Waals surface area contributed by atoms with Crippen LogP contribution in [-0.4, -0.2) is 47.9 Å². The van der Waals surface area contributed by atoms with Crippen LogP contribution in [0.3, 0.4) is 0 Å². The van der Waals surface area contributed by atoms with Crippen molar-refractivity contribution in [3.63, 3.8) is 0 Å². The van der Waals surface area contributed by atoms with Gasteiger partial charge in [0.25, 0.3) is 5.91 Å². The molecule has 2 aliphatic heterocycles. The van der Waals surface area contributed by atoms with Crippen molar-refractivity contribution in [2.24, 2.45) is 5.92 Å². The van der Waals surface area contributed by atoms with Gasteiger partial charge in [-0.2, -0.15) is 0 Å². The lowest BCUT2D eigenvalue weighted by Gasteiger charge is -2.32. The molecule has 0 saturated carbocycles. The van der Waals surface area contributed by atoms with E-state index in [1.54, 1.807) is 11.1 Å². The molecule has 0 radical (unpaired) electrons. The van der Waals surface area contributed by atoms with E-state index in [1.807, 2.05) is 43.3 Å². The maximum Gasteiger partial charge on any atom is 0.253 e. The first-order valence-corrected chi connectivity index (χ1v) is 10.5. The number of likely N-dealkylation sites (tertiary alicyclic amines) is 1. The highest BCUT2D eigenvalue weighted by Gasteiger charge is 2.29. The summed E-state index contributed by atoms with van der Waals surface area (Å²) in [5, 5.41) is 2.98. The van der Waals surface area contributed by atoms with Crippen molar-refractivity contribution in [1.29, 1.82) is 0 Å². The molecule has 1 aromatic carbocycles. The second-order valence-electron chi connectivity index (χ2n) is 8.04. The molecule has 2 fully saturated rings. The number of benzene rings is 1. The molecule has 1 unspecified atom stereocenters. The van der Waals surface area contributed by atoms with E-state index in [-0.39, 0.29) is 17.7 Å². The monoisotopic (exact) mass is 392 g/mol. The molecule has 2 saturated heterocycles. The molecule has 0 bridgehead atoms. The Labute approximate surface area is 171 Å². The highest BCUT2D eigenvalue weighted by molar-refractivity contribution is 5.96. The van der Waals surface area contributed by atoms with Crippen LogP contribution >= 0.6 is 0 Å². The Morgan fingerprint density at radius 2 is 1.76 bits per heavy atom. The lowest BCUT2D eigenvalue weighted by Crippen LogP contribution is -2.43. The van der Waals surface area contributed by atoms with Gasteiger partial charge < -0.3 is 15.1 Å². The number of amides is 2. The summed E-state index contributed by atoms with van der Waals surface area (Å²) in [6, 6.07) is 11.5. The Balaban J connectivity index is 1.35. The third-order valence-corrected chi connectivity index (χ3v) is 5.82. The third kappa shape index (κ3) is 4.58. The van der Waals surface area contributed by atoms with Crippen LogP contribution < -0.4 is 10.2 Å². The minimum absolute atomic E-state index is 0.000803. The van der Waals surface area contributed by atoms with Crippen LogP contribution in [0.5, 0.6) is 0 Å². The molecule has 1 atom stereocenters. The zero-order valence-corrected chi connectivity index (χ0v) is 16.9. The van der Waals surface area contributed by atoms with Gasteiger partial charge in [-0.1, -0.05) is 17.7 Å². The largest absolute Gasteiger partial charge is 0.357 e. The number of aryl methyl sites for hydroxylation is 1. The molecule has 0 aliphatic carbocycles. The van der Waals surface area contributed by atoms with Crippen molar-refractivity contribution >= 4 is 23.3 Å². The highest BCUT2D eigenvalue weighted by Crippen LogP contribution is 2.22. The molecule has 6 nitrogen and oxygen atoms in total. The van der Waals surface area contributed by atoms with E-state index in [4.69, 9.17) is 0 Å². The van der Waals surface area contributed by atoms with Crippen molar-refractivity contribution < 1.29 is 9.59 Å². The topological polar surface area (TPSA) is 65.5 Å². The average Bonchev–Trinajstić information content (AvgIpc) is 3.29. The smallest absolute Gasteiger partial charge is 0.253 e. The summed E-state index contributed by atoms with van der Waals surface area (Å²) in [7, 11) is 0. The standard InChI is InChI=1S/C23H28N4O2/c1-17-6-8-18(9-7-17)23(29)27-14-4-5-19(16-27)22(28)25-20-10-11-21(24-15-20)26-12-2-3-13-26/h6-11,15,19H,2-5,12-14,16H2,1H3,(H,25,28). The number of piperidine rings is 1. The summed E-state index contributed by atoms with van der Waals surface area (Å²) in [5.41, 5.74) is 2.51. The second kappa shape index (κ2) is 8.64. The van der Waals surface area contributed by atoms with Gasteiger partial charge in [0.15, 0.2) is 0 Å². The number of nitrogens with one attached hydrogen (secondary N) is 1. The molecule has 4 rings (SSSR count). The van der Waals surface area contributed by atoms with Crippen LogP contribution in [0, 0.1) is 12.8 Å². The molecule has 29 heavy (non-hydrogen) atoms. The van der Waals surface area contributed by atoms with E-state index in [1.165, 1.54) is 12.8 Å². The van der Waals surface area contributed by atoms with E-state index in [0.29, 0.717) is 24.3 Å². The fraction of sp³-hybridized carbons (Fsp3) is 0.435. The van der Waals surface area contributed by atoms with Gasteiger partial charge in [0.05, 0.1) is 17.8 Å². The number of hydrogen-bond acceptors (Lipinski definition) is 4. The van der Waals surface area contributed by atoms with Crippen molar-refractivity contribution in [2.45, 2.75) is 32.6 Å². The van der Waals surface area contributed by atoms with Gasteiger partial charge >= 0.3 is 0 Å². The van der Waals surface area contributed by atoms with Gasteiger partial charge in [0.2, 0.25) is 5.91 Å². The number of rotatable bonds is 4. The van der Waals surface area contributed by atoms with Crippen LogP contribution in [0.25, 0.3) is 0 Å². The summed E-state index contributed by atoms with van der Waals surface area (Å²) in [5.74, 6) is 0.728. The van der Waals surface area contributed by atoms with Gasteiger partial charge in [0.1, 0.15) is 5.82 Å². The van der Waals surface area contributed by atoms with E-state index in [2.05, 4.69) is 15.2 Å². The quantitative estimate of drug-likeness (QED) is 0.865. The summed E-state index contributed by atoms with van der Waals surface area (Å²) < 4.78 is 0. The average molecular weight is 393 g/mol. The number of nitrogens with zero attached hydrogens (tertiary/aromatic N) is 3. The van der Waals surface area contributed by atoms with Crippen LogP contribution in [0.2, 0.25) is 0 Å². The zero-order valence-electron chi connectivity index (χ0n) is 16.9. The molecular weight excluding hydrogens is 364 g/mol. The molecule has 1 aromatic heterocycles. The molecule has 2 aliphatic rings. The first-order valence-electron chi connectivity index (χ1n) is 10.5. The van der Waals surface area contributed by atoms with Crippen LogP contribution in [0.4, 0.5) is 11.5 Å². The van der Waals surface area contributed by atoms with Crippen molar-refractivity contribution in [3.05, 3.63) is 53.7 Å². The summed E-state index contributed by atoms with van der Waals surface area (Å²) in [6.07, 6.45) is 5.77. The first kappa shape index (κ1) is 19.4. The zero-order chi connectivity index (χ0) is 20.2. The maximum atomic E-state index is 12.8.